The molecule has 2 rings (SSSR count). The summed E-state index contributed by atoms with van der Waals surface area (Å²) in [5.41, 5.74) is 0.00966. The highest BCUT2D eigenvalue weighted by molar-refractivity contribution is 7.08. The van der Waals surface area contributed by atoms with Crippen LogP contribution in [0.15, 0.2) is 0 Å². The Kier molecular flexibility index (Phi) is 4.08. The highest BCUT2D eigenvalue weighted by Crippen LogP contribution is 2.32. The van der Waals surface area contributed by atoms with Crippen LogP contribution in [0.3, 0.4) is 0 Å². The smallest absolute Gasteiger partial charge is 0.309 e. The summed E-state index contributed by atoms with van der Waals surface area (Å²) in [6.07, 6.45) is 0.967. The molecule has 20 heavy (non-hydrogen) atoms. The number of carbonyl (C=O) groups is 2. The fourth-order valence-corrected chi connectivity index (χ4v) is 3.07. The summed E-state index contributed by atoms with van der Waals surface area (Å²) in [5, 5.41) is 13.2. The minimum atomic E-state index is -0.785. The molecule has 110 valence electrons. The molecule has 2 heterocycles. The van der Waals surface area contributed by atoms with Gasteiger partial charge in [-0.2, -0.15) is 0 Å². The zero-order chi connectivity index (χ0) is 14.9. The van der Waals surface area contributed by atoms with Crippen molar-refractivity contribution in [2.75, 3.05) is 13.1 Å². The molecule has 0 atom stereocenters. The SMILES string of the molecule is CC(C)c1nnsc1C(=O)N1CCC(C)(C(=O)O)CC1. The van der Waals surface area contributed by atoms with Crippen molar-refractivity contribution in [3.8, 4) is 0 Å². The van der Waals surface area contributed by atoms with Crippen molar-refractivity contribution in [3.05, 3.63) is 10.6 Å². The molecule has 1 fully saturated rings. The Morgan fingerprint density at radius 2 is 1.95 bits per heavy atom. The fourth-order valence-electron chi connectivity index (χ4n) is 2.28. The quantitative estimate of drug-likeness (QED) is 0.922. The van der Waals surface area contributed by atoms with Crippen LogP contribution >= 0.6 is 11.5 Å². The van der Waals surface area contributed by atoms with Gasteiger partial charge in [0.25, 0.3) is 5.91 Å². The van der Waals surface area contributed by atoms with Crippen LogP contribution in [-0.2, 0) is 4.79 Å². The highest BCUT2D eigenvalue weighted by atomic mass is 32.1. The Hall–Kier alpha value is -1.50. The number of hydrogen-bond acceptors (Lipinski definition) is 5. The van der Waals surface area contributed by atoms with Crippen LogP contribution in [0.2, 0.25) is 0 Å². The lowest BCUT2D eigenvalue weighted by molar-refractivity contribution is -0.150. The molecule has 0 radical (unpaired) electrons. The van der Waals surface area contributed by atoms with Crippen molar-refractivity contribution in [1.82, 2.24) is 14.5 Å². The van der Waals surface area contributed by atoms with Crippen LogP contribution in [-0.4, -0.2) is 44.6 Å². The molecule has 1 aromatic heterocycles. The molecule has 1 aliphatic rings. The predicted octanol–water partition coefficient (Wildman–Crippen LogP) is 1.99. The predicted molar refractivity (Wildman–Crippen MR) is 74.9 cm³/mol. The van der Waals surface area contributed by atoms with Gasteiger partial charge in [0.1, 0.15) is 4.88 Å². The Balaban J connectivity index is 2.09. The molecular formula is C13H19N3O3S. The molecule has 1 amide bonds. The molecule has 7 heteroatoms. The third-order valence-electron chi connectivity index (χ3n) is 3.92. The van der Waals surface area contributed by atoms with Gasteiger partial charge in [0.2, 0.25) is 0 Å². The van der Waals surface area contributed by atoms with Gasteiger partial charge < -0.3 is 10.0 Å². The first-order chi connectivity index (χ1) is 9.35. The zero-order valence-electron chi connectivity index (χ0n) is 11.9. The van der Waals surface area contributed by atoms with Crippen LogP contribution < -0.4 is 0 Å². The van der Waals surface area contributed by atoms with Gasteiger partial charge in [0, 0.05) is 13.1 Å². The topological polar surface area (TPSA) is 83.4 Å². The van der Waals surface area contributed by atoms with E-state index in [-0.39, 0.29) is 11.8 Å². The second-order valence-electron chi connectivity index (χ2n) is 5.80. The maximum Gasteiger partial charge on any atom is 0.309 e. The van der Waals surface area contributed by atoms with Crippen LogP contribution in [0, 0.1) is 5.41 Å². The summed E-state index contributed by atoms with van der Waals surface area (Å²) in [5.74, 6) is -0.704. The van der Waals surface area contributed by atoms with Crippen molar-refractivity contribution in [3.63, 3.8) is 0 Å². The summed E-state index contributed by atoms with van der Waals surface area (Å²) in [4.78, 5) is 26.0. The third-order valence-corrected chi connectivity index (χ3v) is 4.65. The lowest BCUT2D eigenvalue weighted by Gasteiger charge is -2.36. The first kappa shape index (κ1) is 14.9. The van der Waals surface area contributed by atoms with Crippen LogP contribution in [0.5, 0.6) is 0 Å². The molecule has 1 aromatic rings. The highest BCUT2D eigenvalue weighted by Gasteiger charge is 2.38. The van der Waals surface area contributed by atoms with Crippen molar-refractivity contribution < 1.29 is 14.7 Å². The molecule has 0 saturated carbocycles. The van der Waals surface area contributed by atoms with Gasteiger partial charge in [0.15, 0.2) is 0 Å². The molecule has 6 nitrogen and oxygen atoms in total. The molecule has 0 spiro atoms. The molecule has 0 unspecified atom stereocenters. The Labute approximate surface area is 122 Å². The second-order valence-corrected chi connectivity index (χ2v) is 6.55. The fraction of sp³-hybridized carbons (Fsp3) is 0.692. The number of carboxylic acid groups (broad SMARTS) is 1. The van der Waals surface area contributed by atoms with E-state index in [2.05, 4.69) is 9.59 Å². The van der Waals surface area contributed by atoms with Gasteiger partial charge in [-0.05, 0) is 37.2 Å². The Morgan fingerprint density at radius 1 is 1.35 bits per heavy atom. The lowest BCUT2D eigenvalue weighted by atomic mass is 9.80. The Morgan fingerprint density at radius 3 is 2.45 bits per heavy atom. The van der Waals surface area contributed by atoms with E-state index < -0.39 is 11.4 Å². The van der Waals surface area contributed by atoms with E-state index in [9.17, 15) is 14.7 Å². The van der Waals surface area contributed by atoms with E-state index in [1.807, 2.05) is 13.8 Å². The first-order valence-electron chi connectivity index (χ1n) is 6.70. The zero-order valence-corrected chi connectivity index (χ0v) is 12.7. The van der Waals surface area contributed by atoms with E-state index >= 15 is 0 Å². The number of nitrogens with zero attached hydrogens (tertiary/aromatic N) is 3. The summed E-state index contributed by atoms with van der Waals surface area (Å²) in [6.45, 7) is 6.63. The summed E-state index contributed by atoms with van der Waals surface area (Å²) in [6, 6.07) is 0. The first-order valence-corrected chi connectivity index (χ1v) is 7.47. The van der Waals surface area contributed by atoms with E-state index in [1.54, 1.807) is 11.8 Å². The normalized spacial score (nSPS) is 18.3. The van der Waals surface area contributed by atoms with Gasteiger partial charge >= 0.3 is 5.97 Å². The third kappa shape index (κ3) is 2.67. The van der Waals surface area contributed by atoms with Crippen molar-refractivity contribution in [2.45, 2.75) is 39.5 Å². The molecule has 1 aliphatic heterocycles. The van der Waals surface area contributed by atoms with Gasteiger partial charge in [-0.1, -0.05) is 18.3 Å². The standard InChI is InChI=1S/C13H19N3O3S/c1-8(2)9-10(20-15-14-9)11(17)16-6-4-13(3,5-7-16)12(18)19/h8H,4-7H2,1-3H3,(H,18,19). The van der Waals surface area contributed by atoms with Crippen molar-refractivity contribution >= 4 is 23.4 Å². The summed E-state index contributed by atoms with van der Waals surface area (Å²) in [7, 11) is 0. The number of carboxylic acids is 1. The minimum absolute atomic E-state index is 0.0730. The van der Waals surface area contributed by atoms with Crippen LogP contribution in [0.4, 0.5) is 0 Å². The number of piperidine rings is 1. The Bertz CT molecular complexity index is 519. The second kappa shape index (κ2) is 5.47. The monoisotopic (exact) mass is 297 g/mol. The molecule has 0 bridgehead atoms. The molecular weight excluding hydrogens is 278 g/mol. The van der Waals surface area contributed by atoms with Crippen molar-refractivity contribution in [1.29, 1.82) is 0 Å². The number of hydrogen-bond donors (Lipinski definition) is 1. The van der Waals surface area contributed by atoms with Gasteiger partial charge in [0.05, 0.1) is 11.1 Å². The van der Waals surface area contributed by atoms with Crippen molar-refractivity contribution in [2.24, 2.45) is 5.41 Å². The number of likely N-dealkylation sites (tertiary alicyclic amines) is 1. The molecule has 1 saturated heterocycles. The van der Waals surface area contributed by atoms with Crippen LogP contribution in [0.25, 0.3) is 0 Å². The maximum absolute atomic E-state index is 12.5. The average Bonchev–Trinajstić information content (AvgIpc) is 2.88. The summed E-state index contributed by atoms with van der Waals surface area (Å²) < 4.78 is 3.87. The average molecular weight is 297 g/mol. The molecule has 1 N–H and O–H groups in total. The van der Waals surface area contributed by atoms with E-state index in [0.717, 1.165) is 17.2 Å². The van der Waals surface area contributed by atoms with E-state index in [0.29, 0.717) is 30.8 Å². The minimum Gasteiger partial charge on any atom is -0.481 e. The summed E-state index contributed by atoms with van der Waals surface area (Å²) >= 11 is 1.12. The number of aromatic nitrogens is 2. The number of carbonyl (C=O) groups excluding carboxylic acids is 1. The van der Waals surface area contributed by atoms with Gasteiger partial charge in [-0.15, -0.1) is 5.10 Å². The van der Waals surface area contributed by atoms with E-state index in [1.165, 1.54) is 0 Å². The van der Waals surface area contributed by atoms with Gasteiger partial charge in [-0.25, -0.2) is 0 Å². The molecule has 0 aromatic carbocycles. The molecule has 0 aliphatic carbocycles. The number of aliphatic carboxylic acids is 1. The van der Waals surface area contributed by atoms with Crippen LogP contribution in [0.1, 0.15) is 54.9 Å². The maximum atomic E-state index is 12.5. The van der Waals surface area contributed by atoms with E-state index in [4.69, 9.17) is 0 Å². The number of amides is 1. The largest absolute Gasteiger partial charge is 0.481 e. The van der Waals surface area contributed by atoms with Gasteiger partial charge in [-0.3, -0.25) is 9.59 Å². The lowest BCUT2D eigenvalue weighted by Crippen LogP contribution is -2.45. The number of rotatable bonds is 3.